The highest BCUT2D eigenvalue weighted by Crippen LogP contribution is 2.48. The van der Waals surface area contributed by atoms with Crippen molar-refractivity contribution in [1.29, 1.82) is 0 Å². The fraction of sp³-hybridized carbons (Fsp3) is 0.278. The Balaban J connectivity index is 2.01. The van der Waals surface area contributed by atoms with E-state index < -0.39 is 0 Å². The zero-order valence-electron chi connectivity index (χ0n) is 11.4. The molecule has 1 heterocycles. The van der Waals surface area contributed by atoms with Crippen LogP contribution in [-0.4, -0.2) is 11.9 Å². The van der Waals surface area contributed by atoms with Gasteiger partial charge in [0, 0.05) is 17.0 Å². The fourth-order valence-electron chi connectivity index (χ4n) is 3.59. The summed E-state index contributed by atoms with van der Waals surface area (Å²) in [6.07, 6.45) is 1.22. The van der Waals surface area contributed by atoms with Gasteiger partial charge >= 0.3 is 0 Å². The van der Waals surface area contributed by atoms with Crippen LogP contribution in [0.5, 0.6) is 0 Å². The minimum Gasteiger partial charge on any atom is -0.370 e. The lowest BCUT2D eigenvalue weighted by molar-refractivity contribution is 0.0508. The molecular weight excluding hydrogens is 248 g/mol. The smallest absolute Gasteiger partial charge is 0.193 e. The van der Waals surface area contributed by atoms with E-state index in [1.165, 1.54) is 0 Å². The first-order valence-electron chi connectivity index (χ1n) is 7.13. The maximum atomic E-state index is 12.8. The van der Waals surface area contributed by atoms with E-state index >= 15 is 0 Å². The molecule has 3 unspecified atom stereocenters. The average molecular weight is 264 g/mol. The minimum absolute atomic E-state index is 0.00815. The van der Waals surface area contributed by atoms with Gasteiger partial charge in [0.25, 0.3) is 0 Å². The van der Waals surface area contributed by atoms with Crippen molar-refractivity contribution in [3.05, 3.63) is 70.8 Å². The summed E-state index contributed by atoms with van der Waals surface area (Å²) < 4.78 is 6.12. The molecule has 1 saturated heterocycles. The van der Waals surface area contributed by atoms with Gasteiger partial charge in [0.1, 0.15) is 0 Å². The Morgan fingerprint density at radius 3 is 2.30 bits per heavy atom. The van der Waals surface area contributed by atoms with Gasteiger partial charge in [-0.25, -0.2) is 0 Å². The molecule has 0 aromatic heterocycles. The number of carbonyl (C=O) groups is 1. The Labute approximate surface area is 118 Å². The molecule has 2 nitrogen and oxygen atoms in total. The normalized spacial score (nSPS) is 27.4. The van der Waals surface area contributed by atoms with Crippen molar-refractivity contribution in [2.24, 2.45) is 0 Å². The number of carbonyl (C=O) groups excluding carboxylic acids is 1. The van der Waals surface area contributed by atoms with Crippen LogP contribution in [-0.2, 0) is 4.74 Å². The lowest BCUT2D eigenvalue weighted by Gasteiger charge is -2.18. The van der Waals surface area contributed by atoms with Crippen molar-refractivity contribution >= 4 is 5.78 Å². The van der Waals surface area contributed by atoms with E-state index in [9.17, 15) is 4.79 Å². The van der Waals surface area contributed by atoms with Gasteiger partial charge in [0.05, 0.1) is 12.2 Å². The van der Waals surface area contributed by atoms with Crippen LogP contribution in [0.3, 0.4) is 0 Å². The van der Waals surface area contributed by atoms with Gasteiger partial charge in [-0.15, -0.1) is 0 Å². The summed E-state index contributed by atoms with van der Waals surface area (Å²) >= 11 is 0. The third-order valence-electron chi connectivity index (χ3n) is 4.45. The Morgan fingerprint density at radius 2 is 1.55 bits per heavy atom. The largest absolute Gasteiger partial charge is 0.370 e. The fourth-order valence-corrected chi connectivity index (χ4v) is 3.59. The van der Waals surface area contributed by atoms with Crippen molar-refractivity contribution in [3.8, 4) is 0 Å². The van der Waals surface area contributed by atoms with Crippen LogP contribution in [0.15, 0.2) is 48.5 Å². The van der Waals surface area contributed by atoms with Crippen molar-refractivity contribution in [2.45, 2.75) is 31.5 Å². The Morgan fingerprint density at radius 1 is 0.950 bits per heavy atom. The van der Waals surface area contributed by atoms with E-state index in [-0.39, 0.29) is 23.9 Å². The first-order chi connectivity index (χ1) is 9.75. The minimum atomic E-state index is 0.00815. The van der Waals surface area contributed by atoms with Crippen LogP contribution >= 0.6 is 0 Å². The Hall–Kier alpha value is -1.93. The predicted octanol–water partition coefficient (Wildman–Crippen LogP) is 3.86. The molecule has 0 amide bonds. The van der Waals surface area contributed by atoms with Gasteiger partial charge < -0.3 is 4.74 Å². The zero-order chi connectivity index (χ0) is 13.7. The Bertz CT molecular complexity index is 632. The van der Waals surface area contributed by atoms with Crippen LogP contribution in [0, 0.1) is 0 Å². The molecule has 0 bridgehead atoms. The molecule has 1 aliphatic carbocycles. The molecular formula is C18H16O2. The second-order valence-electron chi connectivity index (χ2n) is 5.71. The molecule has 2 aliphatic rings. The standard InChI is InChI=1S/C18H16O2/c1-11-10-16-12-6-2-3-7-13(12)17(19)14-8-4-5-9-15(14)18(16)20-11/h2-9,11,16,18H,10H2,1H3. The number of fused-ring (bicyclic) bond motifs is 5. The van der Waals surface area contributed by atoms with E-state index in [0.717, 1.165) is 28.7 Å². The highest BCUT2D eigenvalue weighted by Gasteiger charge is 2.40. The monoisotopic (exact) mass is 264 g/mol. The van der Waals surface area contributed by atoms with Gasteiger partial charge in [0.2, 0.25) is 0 Å². The SMILES string of the molecule is CC1CC2c3ccccc3C(=O)c3ccccc3C2O1. The summed E-state index contributed by atoms with van der Waals surface area (Å²) in [5.74, 6) is 0.413. The number of benzene rings is 2. The van der Waals surface area contributed by atoms with Crippen LogP contribution in [0.2, 0.25) is 0 Å². The predicted molar refractivity (Wildman–Crippen MR) is 77.0 cm³/mol. The highest BCUT2D eigenvalue weighted by atomic mass is 16.5. The van der Waals surface area contributed by atoms with Crippen LogP contribution in [0.4, 0.5) is 0 Å². The van der Waals surface area contributed by atoms with E-state index in [1.807, 2.05) is 42.5 Å². The van der Waals surface area contributed by atoms with Crippen molar-refractivity contribution in [3.63, 3.8) is 0 Å². The first kappa shape index (κ1) is 11.9. The van der Waals surface area contributed by atoms with Gasteiger partial charge in [-0.3, -0.25) is 4.79 Å². The number of hydrogen-bond donors (Lipinski definition) is 0. The summed E-state index contributed by atoms with van der Waals surface area (Å²) in [6.45, 7) is 2.11. The summed E-state index contributed by atoms with van der Waals surface area (Å²) in [5.41, 5.74) is 3.82. The molecule has 2 aromatic rings. The number of ketones is 1. The molecule has 2 heteroatoms. The zero-order valence-corrected chi connectivity index (χ0v) is 11.4. The molecule has 20 heavy (non-hydrogen) atoms. The molecule has 1 fully saturated rings. The topological polar surface area (TPSA) is 26.3 Å². The Kier molecular flexibility index (Phi) is 2.54. The van der Waals surface area contributed by atoms with Crippen molar-refractivity contribution in [1.82, 2.24) is 0 Å². The molecule has 100 valence electrons. The summed E-state index contributed by atoms with van der Waals surface area (Å²) in [4.78, 5) is 12.8. The lowest BCUT2D eigenvalue weighted by Crippen LogP contribution is -2.07. The molecule has 2 aromatic carbocycles. The quantitative estimate of drug-likeness (QED) is 0.722. The van der Waals surface area contributed by atoms with Gasteiger partial charge in [-0.2, -0.15) is 0 Å². The molecule has 4 rings (SSSR count). The highest BCUT2D eigenvalue weighted by molar-refractivity contribution is 6.11. The van der Waals surface area contributed by atoms with Gasteiger partial charge in [-0.1, -0.05) is 48.5 Å². The van der Waals surface area contributed by atoms with Crippen LogP contribution < -0.4 is 0 Å². The van der Waals surface area contributed by atoms with E-state index in [0.29, 0.717) is 0 Å². The molecule has 0 spiro atoms. The molecule has 0 radical (unpaired) electrons. The summed E-state index contributed by atoms with van der Waals surface area (Å²) in [6, 6.07) is 15.9. The second-order valence-corrected chi connectivity index (χ2v) is 5.71. The van der Waals surface area contributed by atoms with Gasteiger partial charge in [-0.05, 0) is 24.5 Å². The van der Waals surface area contributed by atoms with Gasteiger partial charge in [0.15, 0.2) is 5.78 Å². The summed E-state index contributed by atoms with van der Waals surface area (Å²) in [5, 5.41) is 0. The van der Waals surface area contributed by atoms with Crippen molar-refractivity contribution in [2.75, 3.05) is 0 Å². The van der Waals surface area contributed by atoms with Crippen LogP contribution in [0.25, 0.3) is 0 Å². The maximum Gasteiger partial charge on any atom is 0.193 e. The number of rotatable bonds is 0. The molecule has 1 aliphatic heterocycles. The summed E-state index contributed by atoms with van der Waals surface area (Å²) in [7, 11) is 0. The maximum absolute atomic E-state index is 12.8. The van der Waals surface area contributed by atoms with E-state index in [4.69, 9.17) is 4.74 Å². The molecule has 0 N–H and O–H groups in total. The number of hydrogen-bond acceptors (Lipinski definition) is 2. The van der Waals surface area contributed by atoms with E-state index in [2.05, 4.69) is 13.0 Å². The van der Waals surface area contributed by atoms with Crippen LogP contribution in [0.1, 0.15) is 52.4 Å². The molecule has 0 saturated carbocycles. The van der Waals surface area contributed by atoms with Crippen molar-refractivity contribution < 1.29 is 9.53 Å². The average Bonchev–Trinajstić information content (AvgIpc) is 2.84. The number of ether oxygens (including phenoxy) is 1. The first-order valence-corrected chi connectivity index (χ1v) is 7.13. The lowest BCUT2D eigenvalue weighted by atomic mass is 9.87. The molecule has 3 atom stereocenters. The third-order valence-corrected chi connectivity index (χ3v) is 4.45. The third kappa shape index (κ3) is 1.58. The second kappa shape index (κ2) is 4.29. The van der Waals surface area contributed by atoms with E-state index in [1.54, 1.807) is 0 Å².